The molecular formula is C15H12BrN3O3. The van der Waals surface area contributed by atoms with Crippen LogP contribution in [0.5, 0.6) is 0 Å². The molecule has 2 aromatic rings. The summed E-state index contributed by atoms with van der Waals surface area (Å²) in [6, 6.07) is 11.7. The highest BCUT2D eigenvalue weighted by Gasteiger charge is 2.14. The van der Waals surface area contributed by atoms with Crippen LogP contribution < -0.4 is 5.43 Å². The standard InChI is InChI=1S/C15H12BrN3O3/c1-10-6-7-11(8-14(10)19(21)22)15(20)18-17-9-12-4-2-3-5-13(12)16/h2-9H,1H3,(H,18,20)/b17-9-. The molecule has 7 heteroatoms. The number of rotatable bonds is 4. The minimum absolute atomic E-state index is 0.0950. The van der Waals surface area contributed by atoms with Crippen LogP contribution in [0.15, 0.2) is 52.0 Å². The van der Waals surface area contributed by atoms with Gasteiger partial charge in [-0.05, 0) is 19.1 Å². The smallest absolute Gasteiger partial charge is 0.267 e. The lowest BCUT2D eigenvalue weighted by Gasteiger charge is -2.02. The zero-order chi connectivity index (χ0) is 16.1. The number of nitrogens with one attached hydrogen (secondary N) is 1. The molecule has 0 atom stereocenters. The number of nitro groups is 1. The third kappa shape index (κ3) is 3.76. The normalized spacial score (nSPS) is 10.6. The molecule has 6 nitrogen and oxygen atoms in total. The topological polar surface area (TPSA) is 84.6 Å². The molecular weight excluding hydrogens is 350 g/mol. The summed E-state index contributed by atoms with van der Waals surface area (Å²) < 4.78 is 0.846. The van der Waals surface area contributed by atoms with Crippen molar-refractivity contribution >= 4 is 33.7 Å². The summed E-state index contributed by atoms with van der Waals surface area (Å²) in [5.41, 5.74) is 3.74. The fraction of sp³-hybridized carbons (Fsp3) is 0.0667. The number of benzene rings is 2. The van der Waals surface area contributed by atoms with Crippen LogP contribution >= 0.6 is 15.9 Å². The van der Waals surface area contributed by atoms with Gasteiger partial charge < -0.3 is 0 Å². The second kappa shape index (κ2) is 6.95. The van der Waals surface area contributed by atoms with Gasteiger partial charge in [0.2, 0.25) is 0 Å². The molecule has 2 rings (SSSR count). The van der Waals surface area contributed by atoms with Crippen molar-refractivity contribution in [2.24, 2.45) is 5.10 Å². The molecule has 2 aromatic carbocycles. The molecule has 0 radical (unpaired) electrons. The fourth-order valence-electron chi connectivity index (χ4n) is 1.75. The Morgan fingerprint density at radius 3 is 2.73 bits per heavy atom. The van der Waals surface area contributed by atoms with Gasteiger partial charge in [0.25, 0.3) is 11.6 Å². The van der Waals surface area contributed by atoms with Crippen LogP contribution in [0, 0.1) is 17.0 Å². The van der Waals surface area contributed by atoms with Crippen molar-refractivity contribution in [2.45, 2.75) is 6.92 Å². The molecule has 1 N–H and O–H groups in total. The van der Waals surface area contributed by atoms with Crippen molar-refractivity contribution in [3.05, 3.63) is 73.7 Å². The van der Waals surface area contributed by atoms with Crippen molar-refractivity contribution in [3.8, 4) is 0 Å². The van der Waals surface area contributed by atoms with Crippen LogP contribution in [0.2, 0.25) is 0 Å². The molecule has 22 heavy (non-hydrogen) atoms. The second-order valence-corrected chi connectivity index (χ2v) is 5.33. The SMILES string of the molecule is Cc1ccc(C(=O)N/N=C\c2ccccc2Br)cc1[N+](=O)[O-]. The maximum atomic E-state index is 11.9. The van der Waals surface area contributed by atoms with Gasteiger partial charge in [-0.1, -0.05) is 40.2 Å². The predicted molar refractivity (Wildman–Crippen MR) is 87.0 cm³/mol. The Morgan fingerprint density at radius 2 is 2.05 bits per heavy atom. The molecule has 0 saturated heterocycles. The van der Waals surface area contributed by atoms with Gasteiger partial charge in [-0.2, -0.15) is 5.10 Å². The zero-order valence-electron chi connectivity index (χ0n) is 11.6. The highest BCUT2D eigenvalue weighted by Crippen LogP contribution is 2.19. The van der Waals surface area contributed by atoms with Crippen molar-refractivity contribution < 1.29 is 9.72 Å². The first kappa shape index (κ1) is 15.8. The Bertz CT molecular complexity index is 759. The van der Waals surface area contributed by atoms with Crippen molar-refractivity contribution in [1.82, 2.24) is 5.43 Å². The Kier molecular flexibility index (Phi) is 5.00. The summed E-state index contributed by atoms with van der Waals surface area (Å²) in [5.74, 6) is -0.508. The van der Waals surface area contributed by atoms with E-state index in [0.717, 1.165) is 10.0 Å². The average molecular weight is 362 g/mol. The molecule has 0 aliphatic heterocycles. The lowest BCUT2D eigenvalue weighted by molar-refractivity contribution is -0.385. The van der Waals surface area contributed by atoms with E-state index < -0.39 is 10.8 Å². The van der Waals surface area contributed by atoms with Crippen LogP contribution in [0.1, 0.15) is 21.5 Å². The molecule has 0 unspecified atom stereocenters. The van der Waals surface area contributed by atoms with E-state index in [4.69, 9.17) is 0 Å². The number of nitrogens with zero attached hydrogens (tertiary/aromatic N) is 2. The first-order valence-corrected chi connectivity index (χ1v) is 7.11. The largest absolute Gasteiger partial charge is 0.273 e. The maximum absolute atomic E-state index is 11.9. The summed E-state index contributed by atoms with van der Waals surface area (Å²) in [4.78, 5) is 22.3. The molecule has 1 amide bonds. The fourth-order valence-corrected chi connectivity index (χ4v) is 2.14. The lowest BCUT2D eigenvalue weighted by atomic mass is 10.1. The van der Waals surface area contributed by atoms with Crippen LogP contribution in [0.4, 0.5) is 5.69 Å². The highest BCUT2D eigenvalue weighted by atomic mass is 79.9. The van der Waals surface area contributed by atoms with E-state index in [1.54, 1.807) is 6.92 Å². The number of hydrogen-bond donors (Lipinski definition) is 1. The monoisotopic (exact) mass is 361 g/mol. The molecule has 0 spiro atoms. The molecule has 112 valence electrons. The third-order valence-electron chi connectivity index (χ3n) is 2.94. The van der Waals surface area contributed by atoms with Gasteiger partial charge in [-0.25, -0.2) is 5.43 Å². The van der Waals surface area contributed by atoms with E-state index in [1.165, 1.54) is 24.4 Å². The van der Waals surface area contributed by atoms with Crippen molar-refractivity contribution in [1.29, 1.82) is 0 Å². The van der Waals surface area contributed by atoms with Gasteiger partial charge in [0.15, 0.2) is 0 Å². The van der Waals surface area contributed by atoms with E-state index in [-0.39, 0.29) is 11.3 Å². The summed E-state index contributed by atoms with van der Waals surface area (Å²) in [5, 5.41) is 14.7. The van der Waals surface area contributed by atoms with E-state index in [9.17, 15) is 14.9 Å². The Morgan fingerprint density at radius 1 is 1.32 bits per heavy atom. The number of aryl methyl sites for hydroxylation is 1. The van der Waals surface area contributed by atoms with Crippen LogP contribution in [-0.4, -0.2) is 17.0 Å². The second-order valence-electron chi connectivity index (χ2n) is 4.48. The summed E-state index contributed by atoms with van der Waals surface area (Å²) >= 11 is 3.36. The van der Waals surface area contributed by atoms with Gasteiger partial charge in [0.1, 0.15) is 0 Å². The van der Waals surface area contributed by atoms with E-state index >= 15 is 0 Å². The Labute approximate surface area is 135 Å². The number of carbonyl (C=O) groups excluding carboxylic acids is 1. The molecule has 0 heterocycles. The van der Waals surface area contributed by atoms with Crippen molar-refractivity contribution in [3.63, 3.8) is 0 Å². The first-order chi connectivity index (χ1) is 10.5. The number of carbonyl (C=O) groups is 1. The quantitative estimate of drug-likeness (QED) is 0.514. The molecule has 0 aliphatic rings. The molecule has 0 fully saturated rings. The van der Waals surface area contributed by atoms with E-state index in [0.29, 0.717) is 5.56 Å². The minimum atomic E-state index is -0.517. The summed E-state index contributed by atoms with van der Waals surface area (Å²) in [6.45, 7) is 1.62. The molecule has 0 saturated carbocycles. The van der Waals surface area contributed by atoms with Crippen LogP contribution in [-0.2, 0) is 0 Å². The van der Waals surface area contributed by atoms with E-state index in [1.807, 2.05) is 24.3 Å². The van der Waals surface area contributed by atoms with Gasteiger partial charge in [-0.3, -0.25) is 14.9 Å². The number of hydrazone groups is 1. The summed E-state index contributed by atoms with van der Waals surface area (Å²) in [6.07, 6.45) is 1.49. The molecule has 0 aliphatic carbocycles. The van der Waals surface area contributed by atoms with Gasteiger partial charge in [0.05, 0.1) is 11.1 Å². The third-order valence-corrected chi connectivity index (χ3v) is 3.67. The van der Waals surface area contributed by atoms with Crippen LogP contribution in [0.3, 0.4) is 0 Å². The van der Waals surface area contributed by atoms with Gasteiger partial charge in [0, 0.05) is 27.2 Å². The summed E-state index contributed by atoms with van der Waals surface area (Å²) in [7, 11) is 0. The molecule has 0 aromatic heterocycles. The Balaban J connectivity index is 2.12. The molecule has 0 bridgehead atoms. The number of nitro benzene ring substituents is 1. The number of halogens is 1. The highest BCUT2D eigenvalue weighted by molar-refractivity contribution is 9.10. The van der Waals surface area contributed by atoms with E-state index in [2.05, 4.69) is 26.5 Å². The van der Waals surface area contributed by atoms with Gasteiger partial charge >= 0.3 is 0 Å². The number of hydrogen-bond acceptors (Lipinski definition) is 4. The number of amides is 1. The van der Waals surface area contributed by atoms with Crippen molar-refractivity contribution in [2.75, 3.05) is 0 Å². The Hall–Kier alpha value is -2.54. The van der Waals surface area contributed by atoms with Crippen LogP contribution in [0.25, 0.3) is 0 Å². The minimum Gasteiger partial charge on any atom is -0.267 e. The van der Waals surface area contributed by atoms with Gasteiger partial charge in [-0.15, -0.1) is 0 Å². The maximum Gasteiger partial charge on any atom is 0.273 e. The average Bonchev–Trinajstić information content (AvgIpc) is 2.49. The predicted octanol–water partition coefficient (Wildman–Crippen LogP) is 3.43. The zero-order valence-corrected chi connectivity index (χ0v) is 13.2. The first-order valence-electron chi connectivity index (χ1n) is 6.32. The lowest BCUT2D eigenvalue weighted by Crippen LogP contribution is -2.17.